The third kappa shape index (κ3) is 3.00. The summed E-state index contributed by atoms with van der Waals surface area (Å²) in [7, 11) is 1.54. The Labute approximate surface area is 145 Å². The van der Waals surface area contributed by atoms with Gasteiger partial charge in [-0.15, -0.1) is 10.2 Å². The van der Waals surface area contributed by atoms with Gasteiger partial charge in [0.15, 0.2) is 11.8 Å². The van der Waals surface area contributed by atoms with Gasteiger partial charge in [-0.25, -0.2) is 0 Å². The van der Waals surface area contributed by atoms with Crippen molar-refractivity contribution in [3.8, 4) is 0 Å². The van der Waals surface area contributed by atoms with E-state index in [9.17, 15) is 4.79 Å². The minimum absolute atomic E-state index is 0.202. The van der Waals surface area contributed by atoms with Crippen LogP contribution in [0, 0.1) is 0 Å². The molecule has 0 unspecified atom stereocenters. The number of rotatable bonds is 5. The van der Waals surface area contributed by atoms with E-state index in [4.69, 9.17) is 4.74 Å². The molecule has 1 aliphatic rings. The van der Waals surface area contributed by atoms with E-state index in [1.54, 1.807) is 0 Å². The van der Waals surface area contributed by atoms with Crippen LogP contribution in [0.25, 0.3) is 5.65 Å². The first kappa shape index (κ1) is 15.8. The van der Waals surface area contributed by atoms with E-state index in [0.717, 1.165) is 29.9 Å². The van der Waals surface area contributed by atoms with Gasteiger partial charge < -0.3 is 10.1 Å². The van der Waals surface area contributed by atoms with Crippen molar-refractivity contribution in [3.05, 3.63) is 60.0 Å². The van der Waals surface area contributed by atoms with Crippen molar-refractivity contribution in [2.24, 2.45) is 0 Å². The predicted octanol–water partition coefficient (Wildman–Crippen LogP) is 3.32. The molecule has 0 radical (unpaired) electrons. The van der Waals surface area contributed by atoms with E-state index in [0.29, 0.717) is 11.6 Å². The molecule has 4 rings (SSSR count). The number of methoxy groups -OCH3 is 1. The first-order valence-corrected chi connectivity index (χ1v) is 8.49. The van der Waals surface area contributed by atoms with Crippen molar-refractivity contribution >= 4 is 17.2 Å². The van der Waals surface area contributed by atoms with Crippen molar-refractivity contribution in [2.75, 3.05) is 12.4 Å². The number of carbonyl (C=O) groups is 1. The van der Waals surface area contributed by atoms with E-state index in [2.05, 4.69) is 15.5 Å². The molecule has 0 aliphatic heterocycles. The summed E-state index contributed by atoms with van der Waals surface area (Å²) >= 11 is 0. The zero-order valence-electron chi connectivity index (χ0n) is 14.1. The number of pyridine rings is 1. The third-order valence-corrected chi connectivity index (χ3v) is 4.74. The largest absolute Gasteiger partial charge is 0.367 e. The molecule has 1 saturated carbocycles. The van der Waals surface area contributed by atoms with Gasteiger partial charge in [0, 0.05) is 19.2 Å². The summed E-state index contributed by atoms with van der Waals surface area (Å²) in [5.74, 6) is 1.24. The monoisotopic (exact) mass is 336 g/mol. The second kappa shape index (κ2) is 6.64. The number of anilines is 1. The van der Waals surface area contributed by atoms with E-state index in [-0.39, 0.29) is 5.91 Å². The number of nitrogens with one attached hydrogen (secondary N) is 1. The van der Waals surface area contributed by atoms with Crippen molar-refractivity contribution in [2.45, 2.75) is 31.3 Å². The van der Waals surface area contributed by atoms with Gasteiger partial charge in [-0.1, -0.05) is 36.8 Å². The van der Waals surface area contributed by atoms with Crippen molar-refractivity contribution in [1.29, 1.82) is 0 Å². The molecule has 1 atom stereocenters. The molecule has 6 heteroatoms. The lowest BCUT2D eigenvalue weighted by Gasteiger charge is -2.23. The number of carbonyl (C=O) groups excluding carboxylic acids is 1. The topological polar surface area (TPSA) is 68.5 Å². The molecule has 1 N–H and O–H groups in total. The van der Waals surface area contributed by atoms with Gasteiger partial charge in [0.05, 0.1) is 5.69 Å². The second-order valence-corrected chi connectivity index (χ2v) is 6.35. The van der Waals surface area contributed by atoms with E-state index in [1.807, 2.05) is 53.1 Å². The molecule has 2 aromatic heterocycles. The van der Waals surface area contributed by atoms with Crippen molar-refractivity contribution in [1.82, 2.24) is 14.6 Å². The van der Waals surface area contributed by atoms with E-state index < -0.39 is 6.10 Å². The zero-order valence-corrected chi connectivity index (χ0v) is 14.1. The van der Waals surface area contributed by atoms with Gasteiger partial charge in [0.1, 0.15) is 5.82 Å². The molecule has 25 heavy (non-hydrogen) atoms. The maximum Gasteiger partial charge on any atom is 0.258 e. The van der Waals surface area contributed by atoms with Gasteiger partial charge in [-0.2, -0.15) is 0 Å². The molecule has 1 aromatic carbocycles. The normalized spacial score (nSPS) is 15.7. The Morgan fingerprint density at radius 3 is 2.68 bits per heavy atom. The zero-order chi connectivity index (χ0) is 17.2. The predicted molar refractivity (Wildman–Crippen MR) is 94.4 cm³/mol. The Bertz CT molecular complexity index is 887. The standard InChI is InChI=1S/C19H20N4O2/c1-25-17(13-6-3-2-4-7-13)19(24)20-15-10-11-16-21-22-18(23(16)12-15)14-8-5-9-14/h2-4,6-7,10-12,14,17H,5,8-9H2,1H3,(H,20,24)/t17-/m1/s1. The minimum Gasteiger partial charge on any atom is -0.367 e. The number of hydrogen-bond donors (Lipinski definition) is 1. The third-order valence-electron chi connectivity index (χ3n) is 4.74. The quantitative estimate of drug-likeness (QED) is 0.776. The maximum absolute atomic E-state index is 12.6. The Morgan fingerprint density at radius 1 is 1.20 bits per heavy atom. The van der Waals surface area contributed by atoms with Crippen LogP contribution >= 0.6 is 0 Å². The van der Waals surface area contributed by atoms with Crippen molar-refractivity contribution < 1.29 is 9.53 Å². The fourth-order valence-electron chi connectivity index (χ4n) is 3.16. The average Bonchev–Trinajstić information content (AvgIpc) is 2.98. The molecule has 0 bridgehead atoms. The van der Waals surface area contributed by atoms with Crippen molar-refractivity contribution in [3.63, 3.8) is 0 Å². The van der Waals surface area contributed by atoms with E-state index >= 15 is 0 Å². The van der Waals surface area contributed by atoms with Crippen LogP contribution < -0.4 is 5.32 Å². The van der Waals surface area contributed by atoms with Crippen LogP contribution in [0.4, 0.5) is 5.69 Å². The SMILES string of the molecule is CO[C@@H](C(=O)Nc1ccc2nnc(C3CCC3)n2c1)c1ccccc1. The summed E-state index contributed by atoms with van der Waals surface area (Å²) in [6.07, 6.45) is 4.78. The van der Waals surface area contributed by atoms with Gasteiger partial charge in [0.25, 0.3) is 5.91 Å². The number of aromatic nitrogens is 3. The molecule has 1 amide bonds. The number of benzene rings is 1. The molecule has 1 fully saturated rings. The lowest BCUT2D eigenvalue weighted by atomic mass is 9.85. The minimum atomic E-state index is -0.649. The highest BCUT2D eigenvalue weighted by molar-refractivity contribution is 5.94. The molecule has 0 saturated heterocycles. The summed E-state index contributed by atoms with van der Waals surface area (Å²) in [6, 6.07) is 13.2. The van der Waals surface area contributed by atoms with E-state index in [1.165, 1.54) is 13.5 Å². The number of nitrogens with zero attached hydrogens (tertiary/aromatic N) is 3. The van der Waals surface area contributed by atoms with Crippen LogP contribution in [-0.4, -0.2) is 27.6 Å². The van der Waals surface area contributed by atoms with Crippen LogP contribution in [0.5, 0.6) is 0 Å². The van der Waals surface area contributed by atoms with Crippen LogP contribution in [0.15, 0.2) is 48.7 Å². The number of fused-ring (bicyclic) bond motifs is 1. The van der Waals surface area contributed by atoms with Gasteiger partial charge >= 0.3 is 0 Å². The lowest BCUT2D eigenvalue weighted by molar-refractivity contribution is -0.126. The average molecular weight is 336 g/mol. The van der Waals surface area contributed by atoms with Crippen LogP contribution in [-0.2, 0) is 9.53 Å². The summed E-state index contributed by atoms with van der Waals surface area (Å²) < 4.78 is 7.36. The molecule has 3 aromatic rings. The molecule has 128 valence electrons. The highest BCUT2D eigenvalue weighted by atomic mass is 16.5. The van der Waals surface area contributed by atoms with Gasteiger partial charge in [-0.05, 0) is 30.5 Å². The van der Waals surface area contributed by atoms with Crippen LogP contribution in [0.2, 0.25) is 0 Å². The van der Waals surface area contributed by atoms with Gasteiger partial charge in [0.2, 0.25) is 0 Å². The number of hydrogen-bond acceptors (Lipinski definition) is 4. The fraction of sp³-hybridized carbons (Fsp3) is 0.316. The first-order valence-electron chi connectivity index (χ1n) is 8.49. The molecule has 2 heterocycles. The smallest absolute Gasteiger partial charge is 0.258 e. The summed E-state index contributed by atoms with van der Waals surface area (Å²) in [4.78, 5) is 12.6. The molecule has 1 aliphatic carbocycles. The second-order valence-electron chi connectivity index (χ2n) is 6.35. The maximum atomic E-state index is 12.6. The molecular weight excluding hydrogens is 316 g/mol. The summed E-state index contributed by atoms with van der Waals surface area (Å²) in [5.41, 5.74) is 2.32. The molecule has 0 spiro atoms. The first-order chi connectivity index (χ1) is 12.3. The Kier molecular flexibility index (Phi) is 4.19. The van der Waals surface area contributed by atoms with Crippen LogP contribution in [0.1, 0.15) is 42.7 Å². The fourth-order valence-corrected chi connectivity index (χ4v) is 3.16. The number of ether oxygens (including phenoxy) is 1. The molecular formula is C19H20N4O2. The summed E-state index contributed by atoms with van der Waals surface area (Å²) in [6.45, 7) is 0. The van der Waals surface area contributed by atoms with Crippen LogP contribution in [0.3, 0.4) is 0 Å². The number of amides is 1. The molecule has 6 nitrogen and oxygen atoms in total. The summed E-state index contributed by atoms with van der Waals surface area (Å²) in [5, 5.41) is 11.5. The Morgan fingerprint density at radius 2 is 2.00 bits per heavy atom. The highest BCUT2D eigenvalue weighted by Crippen LogP contribution is 2.35. The highest BCUT2D eigenvalue weighted by Gasteiger charge is 2.25. The Hall–Kier alpha value is -2.73. The lowest BCUT2D eigenvalue weighted by Crippen LogP contribution is -2.22. The Balaban J connectivity index is 1.58. The van der Waals surface area contributed by atoms with Gasteiger partial charge in [-0.3, -0.25) is 9.20 Å².